The molecule has 1 aliphatic heterocycles. The first-order chi connectivity index (χ1) is 9.38. The van der Waals surface area contributed by atoms with Gasteiger partial charge in [-0.15, -0.1) is 0 Å². The van der Waals surface area contributed by atoms with E-state index in [2.05, 4.69) is 44.3 Å². The van der Waals surface area contributed by atoms with Gasteiger partial charge in [0.2, 0.25) is 11.8 Å². The van der Waals surface area contributed by atoms with Crippen molar-refractivity contribution in [2.75, 3.05) is 0 Å². The first-order valence-electron chi connectivity index (χ1n) is 7.29. The van der Waals surface area contributed by atoms with Crippen molar-refractivity contribution in [1.82, 2.24) is 5.32 Å². The second kappa shape index (κ2) is 5.78. The van der Waals surface area contributed by atoms with Crippen LogP contribution in [0.1, 0.15) is 49.3 Å². The number of piperidine rings is 1. The van der Waals surface area contributed by atoms with Crippen molar-refractivity contribution in [2.45, 2.75) is 46.5 Å². The molecule has 2 amide bonds. The van der Waals surface area contributed by atoms with Crippen molar-refractivity contribution in [2.24, 2.45) is 11.8 Å². The minimum Gasteiger partial charge on any atom is -0.296 e. The smallest absolute Gasteiger partial charge is 0.230 e. The Morgan fingerprint density at radius 1 is 1.25 bits per heavy atom. The predicted molar refractivity (Wildman–Crippen MR) is 79.4 cm³/mol. The molecule has 0 radical (unpaired) electrons. The Labute approximate surface area is 120 Å². The molecular formula is C17H23NO2. The third-order valence-electron chi connectivity index (χ3n) is 4.05. The summed E-state index contributed by atoms with van der Waals surface area (Å²) < 4.78 is 0. The van der Waals surface area contributed by atoms with Crippen molar-refractivity contribution < 1.29 is 9.59 Å². The average Bonchev–Trinajstić information content (AvgIpc) is 2.35. The standard InChI is InChI=1S/C17H23NO2/c1-10(2)7-15-14(9-16(19)18-17(15)20)13-8-11(3)5-6-12(13)4/h5-6,8,10,14-15H,7,9H2,1-4H3,(H,18,19,20). The fraction of sp³-hybridized carbons (Fsp3) is 0.529. The van der Waals surface area contributed by atoms with Gasteiger partial charge >= 0.3 is 0 Å². The lowest BCUT2D eigenvalue weighted by atomic mass is 9.75. The lowest BCUT2D eigenvalue weighted by Crippen LogP contribution is -2.45. The van der Waals surface area contributed by atoms with E-state index in [1.54, 1.807) is 0 Å². The summed E-state index contributed by atoms with van der Waals surface area (Å²) in [4.78, 5) is 23.9. The van der Waals surface area contributed by atoms with Crippen LogP contribution in [0.25, 0.3) is 0 Å². The number of amides is 2. The molecule has 0 saturated carbocycles. The fourth-order valence-electron chi connectivity index (χ4n) is 3.07. The highest BCUT2D eigenvalue weighted by atomic mass is 16.2. The molecule has 2 rings (SSSR count). The van der Waals surface area contributed by atoms with E-state index in [9.17, 15) is 9.59 Å². The lowest BCUT2D eigenvalue weighted by molar-refractivity contribution is -0.137. The predicted octanol–water partition coefficient (Wildman–Crippen LogP) is 3.10. The highest BCUT2D eigenvalue weighted by Crippen LogP contribution is 2.37. The zero-order valence-electron chi connectivity index (χ0n) is 12.7. The van der Waals surface area contributed by atoms with Gasteiger partial charge in [-0.1, -0.05) is 37.6 Å². The first kappa shape index (κ1) is 14.8. The molecule has 1 saturated heterocycles. The summed E-state index contributed by atoms with van der Waals surface area (Å²) in [7, 11) is 0. The van der Waals surface area contributed by atoms with E-state index in [4.69, 9.17) is 0 Å². The molecule has 1 aromatic carbocycles. The highest BCUT2D eigenvalue weighted by molar-refractivity contribution is 5.99. The summed E-state index contributed by atoms with van der Waals surface area (Å²) in [6.45, 7) is 8.33. The van der Waals surface area contributed by atoms with Crippen LogP contribution in [-0.2, 0) is 9.59 Å². The van der Waals surface area contributed by atoms with Gasteiger partial charge < -0.3 is 0 Å². The molecule has 1 aliphatic rings. The number of benzene rings is 1. The summed E-state index contributed by atoms with van der Waals surface area (Å²) in [6, 6.07) is 6.27. The summed E-state index contributed by atoms with van der Waals surface area (Å²) in [5, 5.41) is 2.49. The van der Waals surface area contributed by atoms with Crippen molar-refractivity contribution in [3.05, 3.63) is 34.9 Å². The number of hydrogen-bond acceptors (Lipinski definition) is 2. The second-order valence-electron chi connectivity index (χ2n) is 6.32. The van der Waals surface area contributed by atoms with Crippen LogP contribution in [0.15, 0.2) is 18.2 Å². The van der Waals surface area contributed by atoms with Crippen LogP contribution >= 0.6 is 0 Å². The van der Waals surface area contributed by atoms with Gasteiger partial charge in [0.25, 0.3) is 0 Å². The number of carbonyl (C=O) groups is 2. The van der Waals surface area contributed by atoms with Crippen LogP contribution in [0.3, 0.4) is 0 Å². The van der Waals surface area contributed by atoms with E-state index in [1.807, 2.05) is 6.92 Å². The van der Waals surface area contributed by atoms with Crippen LogP contribution in [0.2, 0.25) is 0 Å². The SMILES string of the molecule is Cc1ccc(C)c(C2CC(=O)NC(=O)C2CC(C)C)c1. The van der Waals surface area contributed by atoms with E-state index >= 15 is 0 Å². The lowest BCUT2D eigenvalue weighted by Gasteiger charge is -2.32. The summed E-state index contributed by atoms with van der Waals surface area (Å²) in [5.74, 6) is 0.0834. The van der Waals surface area contributed by atoms with Crippen molar-refractivity contribution in [1.29, 1.82) is 0 Å². The Hall–Kier alpha value is -1.64. The molecule has 20 heavy (non-hydrogen) atoms. The molecule has 0 spiro atoms. The summed E-state index contributed by atoms with van der Waals surface area (Å²) in [6.07, 6.45) is 1.23. The minimum atomic E-state index is -0.152. The molecule has 1 aromatic rings. The van der Waals surface area contributed by atoms with Gasteiger partial charge in [0.1, 0.15) is 0 Å². The van der Waals surface area contributed by atoms with Gasteiger partial charge in [-0.2, -0.15) is 0 Å². The van der Waals surface area contributed by atoms with Crippen LogP contribution in [-0.4, -0.2) is 11.8 Å². The van der Waals surface area contributed by atoms with E-state index < -0.39 is 0 Å². The first-order valence-corrected chi connectivity index (χ1v) is 7.29. The third-order valence-corrected chi connectivity index (χ3v) is 4.05. The quantitative estimate of drug-likeness (QED) is 0.860. The monoisotopic (exact) mass is 273 g/mol. The zero-order valence-corrected chi connectivity index (χ0v) is 12.7. The minimum absolute atomic E-state index is 0.0125. The third kappa shape index (κ3) is 3.09. The maximum atomic E-state index is 12.2. The van der Waals surface area contributed by atoms with Crippen LogP contribution < -0.4 is 5.32 Å². The Bertz CT molecular complexity index is 534. The Balaban J connectivity index is 2.40. The van der Waals surface area contributed by atoms with Gasteiger partial charge in [-0.25, -0.2) is 0 Å². The number of carbonyl (C=O) groups excluding carboxylic acids is 2. The zero-order chi connectivity index (χ0) is 14.9. The molecule has 1 N–H and O–H groups in total. The highest BCUT2D eigenvalue weighted by Gasteiger charge is 2.37. The fourth-order valence-corrected chi connectivity index (χ4v) is 3.07. The van der Waals surface area contributed by atoms with E-state index in [0.29, 0.717) is 12.3 Å². The average molecular weight is 273 g/mol. The normalized spacial score (nSPS) is 23.1. The molecule has 0 aromatic heterocycles. The Morgan fingerprint density at radius 3 is 2.60 bits per heavy atom. The van der Waals surface area contributed by atoms with E-state index in [1.165, 1.54) is 5.56 Å². The molecule has 108 valence electrons. The molecule has 0 bridgehead atoms. The molecular weight excluding hydrogens is 250 g/mol. The molecule has 2 atom stereocenters. The van der Waals surface area contributed by atoms with Gasteiger partial charge in [-0.05, 0) is 37.3 Å². The van der Waals surface area contributed by atoms with Gasteiger partial charge in [0, 0.05) is 18.3 Å². The van der Waals surface area contributed by atoms with Gasteiger partial charge in [0.15, 0.2) is 0 Å². The molecule has 2 unspecified atom stereocenters. The number of rotatable bonds is 3. The molecule has 0 aliphatic carbocycles. The Morgan fingerprint density at radius 2 is 1.95 bits per heavy atom. The molecule has 1 fully saturated rings. The largest absolute Gasteiger partial charge is 0.296 e. The van der Waals surface area contributed by atoms with E-state index in [0.717, 1.165) is 17.5 Å². The number of nitrogens with one attached hydrogen (secondary N) is 1. The van der Waals surface area contributed by atoms with Crippen LogP contribution in [0.4, 0.5) is 0 Å². The maximum absolute atomic E-state index is 12.2. The molecule has 1 heterocycles. The number of hydrogen-bond donors (Lipinski definition) is 1. The Kier molecular flexibility index (Phi) is 4.26. The summed E-state index contributed by atoms with van der Waals surface area (Å²) >= 11 is 0. The van der Waals surface area contributed by atoms with Crippen molar-refractivity contribution in [3.63, 3.8) is 0 Å². The van der Waals surface area contributed by atoms with Gasteiger partial charge in [0.05, 0.1) is 0 Å². The summed E-state index contributed by atoms with van der Waals surface area (Å²) in [5.41, 5.74) is 3.49. The van der Waals surface area contributed by atoms with E-state index in [-0.39, 0.29) is 23.7 Å². The second-order valence-corrected chi connectivity index (χ2v) is 6.32. The van der Waals surface area contributed by atoms with Crippen LogP contribution in [0.5, 0.6) is 0 Å². The topological polar surface area (TPSA) is 46.2 Å². The van der Waals surface area contributed by atoms with Crippen LogP contribution in [0, 0.1) is 25.7 Å². The molecule has 3 heteroatoms. The van der Waals surface area contributed by atoms with Crippen molar-refractivity contribution in [3.8, 4) is 0 Å². The number of aryl methyl sites for hydroxylation is 2. The van der Waals surface area contributed by atoms with Crippen molar-refractivity contribution >= 4 is 11.8 Å². The van der Waals surface area contributed by atoms with Gasteiger partial charge in [-0.3, -0.25) is 14.9 Å². The molecule has 3 nitrogen and oxygen atoms in total. The number of imide groups is 1. The maximum Gasteiger partial charge on any atom is 0.230 e.